The van der Waals surface area contributed by atoms with Gasteiger partial charge in [-0.25, -0.2) is 22.0 Å². The van der Waals surface area contributed by atoms with Gasteiger partial charge in [0.1, 0.15) is 5.75 Å². The molecule has 210 valence electrons. The van der Waals surface area contributed by atoms with Gasteiger partial charge in [0.15, 0.2) is 23.8 Å². The standard InChI is InChI=1S/C21H18F8N2O6S/c1-19(2,21(27,28)29)37-18(33)30-10-3-6-15-14(7-10)31(9-16(36-15)17(32)20(24,25)26)38(34,35)11-4-5-12(22)13(23)8-11/h3-8,16-17,32H,9H2,1-2H3,(H,30,33)/t16-,17-/m0/s1. The number of aliphatic hydroxyl groups is 1. The van der Waals surface area contributed by atoms with E-state index < -0.39 is 80.8 Å². The molecule has 1 aliphatic rings. The Bertz CT molecular complexity index is 1330. The molecular weight excluding hydrogens is 560 g/mol. The highest BCUT2D eigenvalue weighted by atomic mass is 32.2. The van der Waals surface area contributed by atoms with Gasteiger partial charge >= 0.3 is 18.4 Å². The van der Waals surface area contributed by atoms with E-state index in [2.05, 4.69) is 4.74 Å². The van der Waals surface area contributed by atoms with Crippen LogP contribution in [0.5, 0.6) is 5.75 Å². The maximum atomic E-state index is 13.7. The van der Waals surface area contributed by atoms with Gasteiger partial charge in [-0.2, -0.15) is 26.3 Å². The van der Waals surface area contributed by atoms with Gasteiger partial charge in [-0.15, -0.1) is 0 Å². The van der Waals surface area contributed by atoms with Crippen molar-refractivity contribution in [2.45, 2.75) is 48.9 Å². The number of alkyl halides is 6. The fourth-order valence-electron chi connectivity index (χ4n) is 3.15. The molecule has 2 aromatic carbocycles. The number of aliphatic hydroxyl groups excluding tert-OH is 1. The number of nitrogens with one attached hydrogen (secondary N) is 1. The van der Waals surface area contributed by atoms with E-state index >= 15 is 0 Å². The number of nitrogens with zero attached hydrogens (tertiary/aromatic N) is 1. The topological polar surface area (TPSA) is 105 Å². The first-order chi connectivity index (χ1) is 17.2. The van der Waals surface area contributed by atoms with Crippen molar-refractivity contribution in [3.63, 3.8) is 0 Å². The minimum absolute atomic E-state index is 0.272. The Morgan fingerprint density at radius 2 is 1.71 bits per heavy atom. The van der Waals surface area contributed by atoms with E-state index in [0.717, 1.165) is 18.2 Å². The van der Waals surface area contributed by atoms with Crippen LogP contribution < -0.4 is 14.4 Å². The number of carbonyl (C=O) groups is 1. The van der Waals surface area contributed by atoms with E-state index in [9.17, 15) is 53.4 Å². The highest BCUT2D eigenvalue weighted by Gasteiger charge is 2.51. The summed E-state index contributed by atoms with van der Waals surface area (Å²) in [7, 11) is -4.94. The van der Waals surface area contributed by atoms with Crippen LogP contribution in [-0.4, -0.2) is 56.3 Å². The first-order valence-corrected chi connectivity index (χ1v) is 11.8. The summed E-state index contributed by atoms with van der Waals surface area (Å²) in [6.45, 7) is -0.0466. The molecule has 0 aliphatic carbocycles. The van der Waals surface area contributed by atoms with Crippen LogP contribution in [0.4, 0.5) is 51.3 Å². The lowest BCUT2D eigenvalue weighted by molar-refractivity contribution is -0.242. The lowest BCUT2D eigenvalue weighted by atomic mass is 10.1. The van der Waals surface area contributed by atoms with Crippen molar-refractivity contribution in [1.82, 2.24) is 0 Å². The van der Waals surface area contributed by atoms with Crippen molar-refractivity contribution < 1.29 is 62.9 Å². The lowest BCUT2D eigenvalue weighted by Crippen LogP contribution is -2.53. The number of rotatable bonds is 5. The molecule has 0 bridgehead atoms. The molecule has 1 heterocycles. The minimum atomic E-state index is -5.24. The van der Waals surface area contributed by atoms with Crippen molar-refractivity contribution in [2.75, 3.05) is 16.2 Å². The number of sulfonamides is 1. The smallest absolute Gasteiger partial charge is 0.427 e. The summed E-state index contributed by atoms with van der Waals surface area (Å²) in [5.41, 5.74) is -3.82. The Morgan fingerprint density at radius 1 is 1.08 bits per heavy atom. The van der Waals surface area contributed by atoms with Gasteiger partial charge in [-0.3, -0.25) is 9.62 Å². The third-order valence-corrected chi connectivity index (χ3v) is 7.07. The normalized spacial score (nSPS) is 17.3. The van der Waals surface area contributed by atoms with Gasteiger partial charge in [0.05, 0.1) is 17.1 Å². The summed E-state index contributed by atoms with van der Waals surface area (Å²) < 4.78 is 142. The second kappa shape index (κ2) is 9.76. The van der Waals surface area contributed by atoms with Crippen LogP contribution in [0.2, 0.25) is 0 Å². The molecule has 2 N–H and O–H groups in total. The highest BCUT2D eigenvalue weighted by Crippen LogP contribution is 2.41. The third-order valence-electron chi connectivity index (χ3n) is 5.30. The Balaban J connectivity index is 2.03. The largest absolute Gasteiger partial charge is 0.483 e. The number of fused-ring (bicyclic) bond motifs is 1. The van der Waals surface area contributed by atoms with Gasteiger partial charge in [0.25, 0.3) is 10.0 Å². The number of hydrogen-bond donors (Lipinski definition) is 2. The van der Waals surface area contributed by atoms with E-state index in [4.69, 9.17) is 4.74 Å². The van der Waals surface area contributed by atoms with Crippen molar-refractivity contribution in [1.29, 1.82) is 0 Å². The fraction of sp³-hybridized carbons (Fsp3) is 0.381. The van der Waals surface area contributed by atoms with E-state index in [-0.39, 0.29) is 16.1 Å². The number of amides is 1. The van der Waals surface area contributed by atoms with E-state index in [0.29, 0.717) is 26.0 Å². The van der Waals surface area contributed by atoms with Gasteiger partial charge in [0, 0.05) is 5.69 Å². The zero-order valence-corrected chi connectivity index (χ0v) is 20.0. The van der Waals surface area contributed by atoms with Gasteiger partial charge in [0.2, 0.25) is 5.60 Å². The van der Waals surface area contributed by atoms with Gasteiger partial charge in [-0.1, -0.05) is 0 Å². The molecule has 0 saturated carbocycles. The molecule has 3 rings (SSSR count). The SMILES string of the molecule is CC(C)(OC(=O)Nc1ccc2c(c1)N(S(=O)(=O)c1ccc(F)c(F)c1)C[C@@H]([C@H](O)C(F)(F)F)O2)C(F)(F)F. The predicted molar refractivity (Wildman–Crippen MR) is 114 cm³/mol. The van der Waals surface area contributed by atoms with E-state index in [1.165, 1.54) is 0 Å². The average Bonchev–Trinajstić information content (AvgIpc) is 2.77. The van der Waals surface area contributed by atoms with Gasteiger partial charge in [-0.05, 0) is 50.2 Å². The summed E-state index contributed by atoms with van der Waals surface area (Å²) in [6.07, 6.45) is -17.2. The first kappa shape index (κ1) is 29.2. The average molecular weight is 578 g/mol. The zero-order valence-electron chi connectivity index (χ0n) is 19.2. The molecule has 0 aromatic heterocycles. The predicted octanol–water partition coefficient (Wildman–Crippen LogP) is 4.73. The van der Waals surface area contributed by atoms with E-state index in [1.54, 1.807) is 0 Å². The second-order valence-corrected chi connectivity index (χ2v) is 10.3. The molecule has 17 heteroatoms. The van der Waals surface area contributed by atoms with Gasteiger partial charge < -0.3 is 14.6 Å². The second-order valence-electron chi connectivity index (χ2n) is 8.46. The molecule has 0 fully saturated rings. The molecule has 38 heavy (non-hydrogen) atoms. The molecule has 0 radical (unpaired) electrons. The highest BCUT2D eigenvalue weighted by molar-refractivity contribution is 7.92. The molecule has 1 aliphatic heterocycles. The quantitative estimate of drug-likeness (QED) is 0.497. The Labute approximate surface area is 209 Å². The fourth-order valence-corrected chi connectivity index (χ4v) is 4.64. The molecule has 0 saturated heterocycles. The number of benzene rings is 2. The minimum Gasteiger partial charge on any atom is -0.483 e. The number of ether oxygens (including phenoxy) is 2. The third kappa shape index (κ3) is 5.87. The van der Waals surface area contributed by atoms with Crippen molar-refractivity contribution in [2.24, 2.45) is 0 Å². The maximum Gasteiger partial charge on any atom is 0.427 e. The van der Waals surface area contributed by atoms with Crippen molar-refractivity contribution in [3.8, 4) is 5.75 Å². The Morgan fingerprint density at radius 3 is 2.26 bits per heavy atom. The summed E-state index contributed by atoms with van der Waals surface area (Å²) in [5, 5.41) is 11.6. The molecule has 2 atom stereocenters. The molecule has 1 amide bonds. The lowest BCUT2D eigenvalue weighted by Gasteiger charge is -2.37. The number of anilines is 2. The van der Waals surface area contributed by atoms with Crippen LogP contribution in [0.3, 0.4) is 0 Å². The first-order valence-electron chi connectivity index (χ1n) is 10.3. The number of hydrogen-bond acceptors (Lipinski definition) is 6. The number of halogens is 8. The molecular formula is C21H18F8N2O6S. The molecule has 0 unspecified atom stereocenters. The molecule has 8 nitrogen and oxygen atoms in total. The van der Waals surface area contributed by atoms with Crippen molar-refractivity contribution in [3.05, 3.63) is 48.0 Å². The summed E-state index contributed by atoms with van der Waals surface area (Å²) in [4.78, 5) is 11.2. The summed E-state index contributed by atoms with van der Waals surface area (Å²) in [6, 6.07) is 4.02. The molecule has 0 spiro atoms. The number of carbonyl (C=O) groups excluding carboxylic acids is 1. The van der Waals surface area contributed by atoms with Crippen LogP contribution in [-0.2, 0) is 14.8 Å². The van der Waals surface area contributed by atoms with E-state index in [1.807, 2.05) is 5.32 Å². The van der Waals surface area contributed by atoms with Crippen LogP contribution in [0, 0.1) is 11.6 Å². The van der Waals surface area contributed by atoms with Crippen molar-refractivity contribution >= 4 is 27.5 Å². The van der Waals surface area contributed by atoms with Crippen LogP contribution >= 0.6 is 0 Å². The van der Waals surface area contributed by atoms with Crippen LogP contribution in [0.1, 0.15) is 13.8 Å². The Hall–Kier alpha value is -3.34. The molecule has 2 aromatic rings. The maximum absolute atomic E-state index is 13.7. The summed E-state index contributed by atoms with van der Waals surface area (Å²) >= 11 is 0. The van der Waals surface area contributed by atoms with Crippen LogP contribution in [0.25, 0.3) is 0 Å². The Kier molecular flexibility index (Phi) is 7.50. The summed E-state index contributed by atoms with van der Waals surface area (Å²) in [5.74, 6) is -3.55. The monoisotopic (exact) mass is 578 g/mol. The van der Waals surface area contributed by atoms with Crippen LogP contribution in [0.15, 0.2) is 41.3 Å². The zero-order chi connectivity index (χ0) is 28.8.